The van der Waals surface area contributed by atoms with E-state index in [0.29, 0.717) is 17.3 Å². The van der Waals surface area contributed by atoms with E-state index in [0.717, 1.165) is 22.1 Å². The first-order valence-corrected chi connectivity index (χ1v) is 9.79. The molecule has 1 aromatic carbocycles. The summed E-state index contributed by atoms with van der Waals surface area (Å²) in [6, 6.07) is 6.73. The SMILES string of the molecule is CNc1ncc2cc(-c3cc(NC(=O)N4CCC(C(F)(F)F)C4)ccc3C)cnc2n1. The summed E-state index contributed by atoms with van der Waals surface area (Å²) in [6.07, 6.45) is -0.990. The third kappa shape index (κ3) is 4.37. The molecule has 0 aliphatic carbocycles. The maximum Gasteiger partial charge on any atom is 0.393 e. The monoisotopic (exact) mass is 430 g/mol. The van der Waals surface area contributed by atoms with Gasteiger partial charge in [0.15, 0.2) is 5.65 Å². The van der Waals surface area contributed by atoms with Crippen LogP contribution in [-0.2, 0) is 0 Å². The van der Waals surface area contributed by atoms with Crippen molar-refractivity contribution in [2.75, 3.05) is 30.8 Å². The van der Waals surface area contributed by atoms with E-state index >= 15 is 0 Å². The third-order valence-corrected chi connectivity index (χ3v) is 5.39. The molecule has 2 aromatic heterocycles. The van der Waals surface area contributed by atoms with Gasteiger partial charge in [0.05, 0.1) is 5.92 Å². The van der Waals surface area contributed by atoms with Crippen molar-refractivity contribution in [2.45, 2.75) is 19.5 Å². The van der Waals surface area contributed by atoms with Crippen molar-refractivity contribution in [2.24, 2.45) is 5.92 Å². The molecule has 0 spiro atoms. The maximum atomic E-state index is 12.9. The van der Waals surface area contributed by atoms with Crippen LogP contribution in [0.5, 0.6) is 0 Å². The molecule has 1 unspecified atom stereocenters. The Labute approximate surface area is 176 Å². The fourth-order valence-electron chi connectivity index (χ4n) is 3.62. The van der Waals surface area contributed by atoms with Crippen LogP contribution in [0.15, 0.2) is 36.7 Å². The molecule has 162 valence electrons. The number of rotatable bonds is 3. The van der Waals surface area contributed by atoms with E-state index in [1.807, 2.05) is 19.1 Å². The molecule has 1 saturated heterocycles. The predicted octanol–water partition coefficient (Wildman–Crippen LogP) is 4.46. The summed E-state index contributed by atoms with van der Waals surface area (Å²) >= 11 is 0. The number of carbonyl (C=O) groups excluding carboxylic acids is 1. The van der Waals surface area contributed by atoms with Crippen molar-refractivity contribution in [3.63, 3.8) is 0 Å². The van der Waals surface area contributed by atoms with E-state index in [2.05, 4.69) is 25.6 Å². The van der Waals surface area contributed by atoms with Crippen molar-refractivity contribution >= 4 is 28.7 Å². The Balaban J connectivity index is 1.55. The molecule has 1 aliphatic heterocycles. The van der Waals surface area contributed by atoms with Gasteiger partial charge in [0.25, 0.3) is 0 Å². The number of alkyl halides is 3. The van der Waals surface area contributed by atoms with E-state index in [1.165, 1.54) is 4.90 Å². The van der Waals surface area contributed by atoms with E-state index in [1.54, 1.807) is 31.6 Å². The molecule has 1 atom stereocenters. The van der Waals surface area contributed by atoms with Gasteiger partial charge in [-0.3, -0.25) is 0 Å². The highest BCUT2D eigenvalue weighted by Crippen LogP contribution is 2.34. The molecule has 0 saturated carbocycles. The molecule has 2 amide bonds. The Morgan fingerprint density at radius 1 is 1.19 bits per heavy atom. The quantitative estimate of drug-likeness (QED) is 0.641. The number of anilines is 2. The van der Waals surface area contributed by atoms with E-state index < -0.39 is 18.1 Å². The van der Waals surface area contributed by atoms with E-state index in [-0.39, 0.29) is 19.5 Å². The maximum absolute atomic E-state index is 12.9. The number of urea groups is 1. The summed E-state index contributed by atoms with van der Waals surface area (Å²) in [7, 11) is 1.73. The van der Waals surface area contributed by atoms with Gasteiger partial charge in [-0.1, -0.05) is 6.07 Å². The zero-order valence-corrected chi connectivity index (χ0v) is 17.0. The van der Waals surface area contributed by atoms with Crippen molar-refractivity contribution < 1.29 is 18.0 Å². The van der Waals surface area contributed by atoms with E-state index in [9.17, 15) is 18.0 Å². The molecule has 1 aliphatic rings. The highest BCUT2D eigenvalue weighted by atomic mass is 19.4. The van der Waals surface area contributed by atoms with Gasteiger partial charge in [-0.15, -0.1) is 0 Å². The van der Waals surface area contributed by atoms with Crippen molar-refractivity contribution in [3.05, 3.63) is 42.2 Å². The van der Waals surface area contributed by atoms with Crippen LogP contribution in [0, 0.1) is 12.8 Å². The molecule has 1 fully saturated rings. The van der Waals surface area contributed by atoms with Crippen molar-refractivity contribution in [1.29, 1.82) is 0 Å². The standard InChI is InChI=1S/C21H21F3N6O/c1-12-3-4-16(28-20(31)30-6-5-15(11-30)21(22,23)24)8-17(12)13-7-14-10-27-19(25-2)29-18(14)26-9-13/h3-4,7-10,15H,5-6,11H2,1-2H3,(H,28,31)(H,25,26,27,29). The van der Waals surface area contributed by atoms with Crippen LogP contribution in [0.25, 0.3) is 22.2 Å². The highest BCUT2D eigenvalue weighted by molar-refractivity contribution is 5.91. The molecule has 7 nitrogen and oxygen atoms in total. The van der Waals surface area contributed by atoms with Gasteiger partial charge in [0.1, 0.15) is 0 Å². The number of amides is 2. The molecule has 0 bridgehead atoms. The zero-order chi connectivity index (χ0) is 22.2. The minimum absolute atomic E-state index is 0.0733. The average molecular weight is 430 g/mol. The molecule has 10 heteroatoms. The van der Waals surface area contributed by atoms with Gasteiger partial charge >= 0.3 is 12.2 Å². The first-order valence-electron chi connectivity index (χ1n) is 9.79. The summed E-state index contributed by atoms with van der Waals surface area (Å²) in [5.41, 5.74) is 3.69. The van der Waals surface area contributed by atoms with Crippen molar-refractivity contribution in [1.82, 2.24) is 19.9 Å². The molecule has 3 heterocycles. The van der Waals surface area contributed by atoms with E-state index in [4.69, 9.17) is 0 Å². The fourth-order valence-corrected chi connectivity index (χ4v) is 3.62. The first-order chi connectivity index (χ1) is 14.7. The lowest BCUT2D eigenvalue weighted by Gasteiger charge is -2.19. The van der Waals surface area contributed by atoms with Gasteiger partial charge in [-0.25, -0.2) is 14.8 Å². The number of aryl methyl sites for hydroxylation is 1. The summed E-state index contributed by atoms with van der Waals surface area (Å²) in [5, 5.41) is 6.34. The highest BCUT2D eigenvalue weighted by Gasteiger charge is 2.44. The molecular formula is C21H21F3N6O. The number of benzene rings is 1. The largest absolute Gasteiger partial charge is 0.393 e. The smallest absolute Gasteiger partial charge is 0.357 e. The Morgan fingerprint density at radius 2 is 2.00 bits per heavy atom. The average Bonchev–Trinajstić information content (AvgIpc) is 3.25. The van der Waals surface area contributed by atoms with Gasteiger partial charge in [0, 0.05) is 49.2 Å². The van der Waals surface area contributed by atoms with Crippen LogP contribution in [0.3, 0.4) is 0 Å². The minimum Gasteiger partial charge on any atom is -0.357 e. The summed E-state index contributed by atoms with van der Waals surface area (Å²) in [4.78, 5) is 26.6. The van der Waals surface area contributed by atoms with Crippen LogP contribution in [-0.4, -0.2) is 52.2 Å². The second kappa shape index (κ2) is 8.01. The lowest BCUT2D eigenvalue weighted by atomic mass is 10.0. The second-order valence-corrected chi connectivity index (χ2v) is 7.51. The Kier molecular flexibility index (Phi) is 5.38. The number of carbonyl (C=O) groups is 1. The number of likely N-dealkylation sites (tertiary alicyclic amines) is 1. The molecule has 31 heavy (non-hydrogen) atoms. The Hall–Kier alpha value is -3.43. The normalized spacial score (nSPS) is 16.5. The van der Waals surface area contributed by atoms with Crippen LogP contribution in [0.4, 0.5) is 29.6 Å². The first kappa shape index (κ1) is 20.8. The van der Waals surface area contributed by atoms with Crippen LogP contribution in [0.2, 0.25) is 0 Å². The minimum atomic E-state index is -4.28. The number of hydrogen-bond acceptors (Lipinski definition) is 5. The lowest BCUT2D eigenvalue weighted by molar-refractivity contribution is -0.169. The number of nitrogens with one attached hydrogen (secondary N) is 2. The van der Waals surface area contributed by atoms with Crippen molar-refractivity contribution in [3.8, 4) is 11.1 Å². The molecule has 0 radical (unpaired) electrons. The van der Waals surface area contributed by atoms with Gasteiger partial charge in [0.2, 0.25) is 5.95 Å². The van der Waals surface area contributed by atoms with Crippen LogP contribution < -0.4 is 10.6 Å². The Morgan fingerprint density at radius 3 is 2.71 bits per heavy atom. The van der Waals surface area contributed by atoms with Gasteiger partial charge < -0.3 is 15.5 Å². The summed E-state index contributed by atoms with van der Waals surface area (Å²) in [5.74, 6) is -0.996. The van der Waals surface area contributed by atoms with Crippen LogP contribution in [0.1, 0.15) is 12.0 Å². The molecule has 2 N–H and O–H groups in total. The molecule has 3 aromatic rings. The lowest BCUT2D eigenvalue weighted by Crippen LogP contribution is -2.35. The summed E-state index contributed by atoms with van der Waals surface area (Å²) in [6.45, 7) is 1.69. The number of fused-ring (bicyclic) bond motifs is 1. The zero-order valence-electron chi connectivity index (χ0n) is 17.0. The van der Waals surface area contributed by atoms with Gasteiger partial charge in [-0.2, -0.15) is 18.2 Å². The number of aromatic nitrogens is 3. The van der Waals surface area contributed by atoms with Gasteiger partial charge in [-0.05, 0) is 42.7 Å². The molecular weight excluding hydrogens is 409 g/mol. The number of nitrogens with zero attached hydrogens (tertiary/aromatic N) is 4. The Bertz CT molecular complexity index is 1130. The summed E-state index contributed by atoms with van der Waals surface area (Å²) < 4.78 is 38.7. The topological polar surface area (TPSA) is 83.0 Å². The number of pyridine rings is 1. The van der Waals surface area contributed by atoms with Crippen LogP contribution >= 0.6 is 0 Å². The fraction of sp³-hybridized carbons (Fsp3) is 0.333. The second-order valence-electron chi connectivity index (χ2n) is 7.51. The third-order valence-electron chi connectivity index (χ3n) is 5.39. The predicted molar refractivity (Wildman–Crippen MR) is 112 cm³/mol. The number of hydrogen-bond donors (Lipinski definition) is 2. The number of halogens is 3. The molecule has 4 rings (SSSR count).